The van der Waals surface area contributed by atoms with Gasteiger partial charge < -0.3 is 23.4 Å². The number of aliphatic hydroxyl groups is 1. The van der Waals surface area contributed by atoms with Gasteiger partial charge in [0.15, 0.2) is 23.1 Å². The van der Waals surface area contributed by atoms with Gasteiger partial charge in [-0.25, -0.2) is 0 Å². The molecule has 0 amide bonds. The molecule has 0 radical (unpaired) electrons. The SMILES string of the molecule is CC[Si](CC)(CC)OC(=C(C)C)c1c(O[Si](CC)(CC)CC)c2c(c3c1O[C@@]1(O)[C@@H](C(=O)C(C)(C)C(=O)C1(C)C)[C@@H]3C(C)C)OC1=C(C(=O)C(C)(C)C(=O)C1(C)C)[C@@H]2C(C)C. The van der Waals surface area contributed by atoms with Crippen LogP contribution in [0.5, 0.6) is 17.2 Å². The number of fused-ring (bicyclic) bond motifs is 4. The Morgan fingerprint density at radius 2 is 1.20 bits per heavy atom. The van der Waals surface area contributed by atoms with Gasteiger partial charge in [-0.1, -0.05) is 69.2 Å². The predicted molar refractivity (Wildman–Crippen MR) is 248 cm³/mol. The third kappa shape index (κ3) is 6.81. The Kier molecular flexibility index (Phi) is 12.8. The van der Waals surface area contributed by atoms with Crippen molar-refractivity contribution >= 4 is 45.5 Å². The quantitative estimate of drug-likeness (QED) is 0.117. The predicted octanol–water partition coefficient (Wildman–Crippen LogP) is 12.1. The van der Waals surface area contributed by atoms with E-state index in [0.29, 0.717) is 45.3 Å². The average molecular weight is 879 g/mol. The van der Waals surface area contributed by atoms with Crippen LogP contribution in [0.2, 0.25) is 36.3 Å². The smallest absolute Gasteiger partial charge is 0.250 e. The van der Waals surface area contributed by atoms with Gasteiger partial charge in [0.2, 0.25) is 5.79 Å². The first kappa shape index (κ1) is 49.0. The normalized spacial score (nSPS) is 26.2. The minimum absolute atomic E-state index is 0.178. The largest absolute Gasteiger partial charge is 0.543 e. The number of ether oxygens (including phenoxy) is 2. The lowest BCUT2D eigenvalue weighted by Gasteiger charge is -2.58. The van der Waals surface area contributed by atoms with E-state index in [1.54, 1.807) is 41.5 Å². The van der Waals surface area contributed by atoms with Gasteiger partial charge in [-0.2, -0.15) is 0 Å². The van der Waals surface area contributed by atoms with Gasteiger partial charge in [0, 0.05) is 28.5 Å². The van der Waals surface area contributed by atoms with Crippen LogP contribution in [0.15, 0.2) is 16.9 Å². The van der Waals surface area contributed by atoms with Gasteiger partial charge in [0.1, 0.15) is 28.8 Å². The summed E-state index contributed by atoms with van der Waals surface area (Å²) in [5.74, 6) is -4.43. The highest BCUT2D eigenvalue weighted by molar-refractivity contribution is 6.75. The monoisotopic (exact) mass is 879 g/mol. The molecule has 4 atom stereocenters. The molecule has 9 nitrogen and oxygen atoms in total. The van der Waals surface area contributed by atoms with E-state index >= 15 is 9.59 Å². The van der Waals surface area contributed by atoms with Crippen molar-refractivity contribution in [1.82, 2.24) is 0 Å². The minimum Gasteiger partial charge on any atom is -0.543 e. The van der Waals surface area contributed by atoms with Crippen LogP contribution < -0.4 is 13.9 Å². The van der Waals surface area contributed by atoms with Crippen LogP contribution in [-0.4, -0.2) is 50.7 Å². The summed E-state index contributed by atoms with van der Waals surface area (Å²) < 4.78 is 29.9. The number of ketones is 4. The summed E-state index contributed by atoms with van der Waals surface area (Å²) in [6.07, 6.45) is 0. The molecule has 2 aliphatic heterocycles. The Morgan fingerprint density at radius 3 is 1.64 bits per heavy atom. The number of carbonyl (C=O) groups excluding carboxylic acids is 4. The van der Waals surface area contributed by atoms with E-state index in [9.17, 15) is 14.7 Å². The van der Waals surface area contributed by atoms with Gasteiger partial charge in [0.25, 0.3) is 16.6 Å². The fourth-order valence-electron chi connectivity index (χ4n) is 11.4. The van der Waals surface area contributed by atoms with Gasteiger partial charge in [0.05, 0.1) is 33.1 Å². The lowest BCUT2D eigenvalue weighted by Crippen LogP contribution is -2.72. The number of hydrogen-bond acceptors (Lipinski definition) is 9. The van der Waals surface area contributed by atoms with Crippen LogP contribution >= 0.6 is 0 Å². The molecule has 1 saturated carbocycles. The standard InChI is InChI=1S/C50H78O9Si2/c1-21-60(22-2,23-3)58-37(29(11)12)35-39-33(31(28(9)10)36-42(52)47(15,16)45(54)49(19,20)50(36,55)57-39)38-32(40(35)59-61(24-4,25-5)26-6)30(27(7)8)34-41(51)46(13,14)44(53)48(17,18)43(34)56-38/h27-28,30-31,36,55H,21-26H2,1-20H3/t30-,31-,36-,50+/m1/s1. The average Bonchev–Trinajstić information content (AvgIpc) is 3.20. The molecule has 2 heterocycles. The van der Waals surface area contributed by atoms with Crippen LogP contribution in [0.1, 0.15) is 167 Å². The second-order valence-electron chi connectivity index (χ2n) is 21.7. The summed E-state index contributed by atoms with van der Waals surface area (Å²) in [6, 6.07) is 4.96. The summed E-state index contributed by atoms with van der Waals surface area (Å²) in [7, 11) is -5.08. The number of Topliss-reactive ketones (excluding diaryl/α,β-unsaturated/α-hetero) is 4. The maximum atomic E-state index is 15.1. The summed E-state index contributed by atoms with van der Waals surface area (Å²) in [5.41, 5.74) is -2.30. The molecule has 0 spiro atoms. The Morgan fingerprint density at radius 1 is 0.689 bits per heavy atom. The van der Waals surface area contributed by atoms with Crippen LogP contribution in [-0.2, 0) is 23.6 Å². The van der Waals surface area contributed by atoms with Gasteiger partial charge in [-0.3, -0.25) is 19.2 Å². The van der Waals surface area contributed by atoms with E-state index in [4.69, 9.17) is 18.3 Å². The first-order chi connectivity index (χ1) is 28.0. The summed E-state index contributed by atoms with van der Waals surface area (Å²) in [6.45, 7) is 39.1. The Hall–Kier alpha value is -3.03. The number of carbonyl (C=O) groups is 4. The minimum atomic E-state index is -2.62. The summed E-state index contributed by atoms with van der Waals surface area (Å²) >= 11 is 0. The highest BCUT2D eigenvalue weighted by atomic mass is 28.4. The number of hydrogen-bond donors (Lipinski definition) is 1. The van der Waals surface area contributed by atoms with Crippen LogP contribution in [0.25, 0.3) is 5.76 Å². The van der Waals surface area contributed by atoms with Crippen molar-refractivity contribution in [3.63, 3.8) is 0 Å². The van der Waals surface area contributed by atoms with E-state index in [2.05, 4.69) is 55.4 Å². The lowest BCUT2D eigenvalue weighted by atomic mass is 9.51. The van der Waals surface area contributed by atoms with Gasteiger partial charge >= 0.3 is 0 Å². The van der Waals surface area contributed by atoms with Crippen molar-refractivity contribution in [3.8, 4) is 17.2 Å². The molecule has 0 aromatic heterocycles. The van der Waals surface area contributed by atoms with E-state index in [0.717, 1.165) is 41.8 Å². The molecular weight excluding hydrogens is 801 g/mol. The molecular formula is C50H78O9Si2. The molecule has 0 bridgehead atoms. The maximum absolute atomic E-state index is 15.1. The molecule has 0 saturated heterocycles. The fourth-order valence-corrected chi connectivity index (χ4v) is 16.6. The fraction of sp³-hybridized carbons (Fsp3) is 0.720. The van der Waals surface area contributed by atoms with Crippen molar-refractivity contribution < 1.29 is 42.6 Å². The highest BCUT2D eigenvalue weighted by Crippen LogP contribution is 2.68. The zero-order valence-electron chi connectivity index (χ0n) is 41.3. The molecule has 340 valence electrons. The zero-order chi connectivity index (χ0) is 46.5. The first-order valence-corrected chi connectivity index (χ1v) is 28.3. The Bertz CT molecular complexity index is 2050. The second kappa shape index (κ2) is 15.9. The molecule has 1 N–H and O–H groups in total. The maximum Gasteiger partial charge on any atom is 0.250 e. The van der Waals surface area contributed by atoms with Crippen molar-refractivity contribution in [1.29, 1.82) is 0 Å². The lowest BCUT2D eigenvalue weighted by molar-refractivity contribution is -0.264. The number of allylic oxidation sites excluding steroid dienone is 3. The third-order valence-electron chi connectivity index (χ3n) is 15.9. The van der Waals surface area contributed by atoms with Crippen molar-refractivity contribution in [3.05, 3.63) is 33.6 Å². The Balaban J connectivity index is 2.18. The molecule has 1 aromatic rings. The van der Waals surface area contributed by atoms with Crippen molar-refractivity contribution in [2.45, 2.75) is 192 Å². The molecule has 11 heteroatoms. The molecule has 4 aliphatic rings. The molecule has 2 aliphatic carbocycles. The third-order valence-corrected chi connectivity index (χ3v) is 24.9. The summed E-state index contributed by atoms with van der Waals surface area (Å²) in [5, 5.41) is 13.4. The highest BCUT2D eigenvalue weighted by Gasteiger charge is 2.72. The number of rotatable bonds is 13. The molecule has 1 fully saturated rings. The van der Waals surface area contributed by atoms with Crippen LogP contribution in [0.3, 0.4) is 0 Å². The molecule has 61 heavy (non-hydrogen) atoms. The first-order valence-electron chi connectivity index (χ1n) is 23.3. The van der Waals surface area contributed by atoms with E-state index in [1.807, 2.05) is 41.5 Å². The van der Waals surface area contributed by atoms with Crippen molar-refractivity contribution in [2.24, 2.45) is 39.4 Å². The number of benzene rings is 1. The molecule has 1 aromatic carbocycles. The van der Waals surface area contributed by atoms with Gasteiger partial charge in [-0.05, 0) is 123 Å². The topological polar surface area (TPSA) is 125 Å². The van der Waals surface area contributed by atoms with E-state index in [1.165, 1.54) is 0 Å². The van der Waals surface area contributed by atoms with E-state index < -0.39 is 73.4 Å². The zero-order valence-corrected chi connectivity index (χ0v) is 43.3. The van der Waals surface area contributed by atoms with Crippen molar-refractivity contribution in [2.75, 3.05) is 0 Å². The van der Waals surface area contributed by atoms with Crippen LogP contribution in [0, 0.1) is 39.4 Å². The van der Waals surface area contributed by atoms with E-state index in [-0.39, 0.29) is 29.2 Å². The van der Waals surface area contributed by atoms with Crippen LogP contribution in [0.4, 0.5) is 0 Å². The summed E-state index contributed by atoms with van der Waals surface area (Å²) in [4.78, 5) is 59.1. The van der Waals surface area contributed by atoms with Gasteiger partial charge in [-0.15, -0.1) is 0 Å². The Labute approximate surface area is 369 Å². The molecule has 0 unspecified atom stereocenters. The molecule has 5 rings (SSSR count). The second-order valence-corrected chi connectivity index (χ2v) is 31.1.